The highest BCUT2D eigenvalue weighted by Crippen LogP contribution is 2.32. The van der Waals surface area contributed by atoms with E-state index in [1.165, 1.54) is 28.0 Å². The van der Waals surface area contributed by atoms with Gasteiger partial charge in [0, 0.05) is 36.5 Å². The number of aromatic nitrogens is 1. The first-order chi connectivity index (χ1) is 19.3. The molecule has 3 aromatic rings. The van der Waals surface area contributed by atoms with Gasteiger partial charge in [0.15, 0.2) is 4.80 Å². The van der Waals surface area contributed by atoms with E-state index in [0.717, 1.165) is 38.0 Å². The zero-order chi connectivity index (χ0) is 28.4. The summed E-state index contributed by atoms with van der Waals surface area (Å²) in [5.41, 5.74) is 2.53. The molecule has 0 aliphatic carbocycles. The number of nitro benzene ring substituents is 1. The first kappa shape index (κ1) is 27.3. The van der Waals surface area contributed by atoms with Crippen molar-refractivity contribution in [1.82, 2.24) is 4.57 Å². The molecule has 0 saturated carbocycles. The molecule has 3 heterocycles. The molecule has 208 valence electrons. The van der Waals surface area contributed by atoms with Gasteiger partial charge >= 0.3 is 5.97 Å². The lowest BCUT2D eigenvalue weighted by atomic mass is 9.96. The molecule has 0 N–H and O–H groups in total. The van der Waals surface area contributed by atoms with Gasteiger partial charge < -0.3 is 14.4 Å². The number of esters is 1. The van der Waals surface area contributed by atoms with Crippen molar-refractivity contribution in [3.8, 4) is 5.75 Å². The fourth-order valence-electron chi connectivity index (χ4n) is 5.23. The fraction of sp³-hybridized carbons (Fsp3) is 0.345. The number of carbonyl (C=O) groups is 1. The van der Waals surface area contributed by atoms with E-state index < -0.39 is 16.9 Å². The van der Waals surface area contributed by atoms with Crippen molar-refractivity contribution in [1.29, 1.82) is 0 Å². The maximum atomic E-state index is 14.0. The number of ether oxygens (including phenoxy) is 2. The number of carbonyl (C=O) groups excluding carboxylic acids is 1. The maximum absolute atomic E-state index is 14.0. The zero-order valence-corrected chi connectivity index (χ0v) is 23.4. The van der Waals surface area contributed by atoms with E-state index in [0.29, 0.717) is 31.9 Å². The van der Waals surface area contributed by atoms with Gasteiger partial charge in [-0.25, -0.2) is 9.79 Å². The van der Waals surface area contributed by atoms with Crippen molar-refractivity contribution < 1.29 is 19.2 Å². The molecular weight excluding hydrogens is 532 g/mol. The van der Waals surface area contributed by atoms with Crippen LogP contribution in [0.5, 0.6) is 5.75 Å². The minimum atomic E-state index is -0.755. The first-order valence-electron chi connectivity index (χ1n) is 13.2. The van der Waals surface area contributed by atoms with Crippen LogP contribution in [0.15, 0.2) is 63.5 Å². The molecule has 1 aromatic heterocycles. The minimum Gasteiger partial charge on any atom is -0.497 e. The number of rotatable bonds is 7. The second kappa shape index (κ2) is 11.5. The van der Waals surface area contributed by atoms with Crippen molar-refractivity contribution in [3.05, 3.63) is 94.7 Å². The fourth-order valence-corrected chi connectivity index (χ4v) is 6.27. The molecule has 0 bridgehead atoms. The highest BCUT2D eigenvalue weighted by molar-refractivity contribution is 7.07. The molecule has 1 fully saturated rings. The highest BCUT2D eigenvalue weighted by Gasteiger charge is 2.33. The summed E-state index contributed by atoms with van der Waals surface area (Å²) in [4.78, 5) is 45.5. The number of piperidine rings is 1. The van der Waals surface area contributed by atoms with Gasteiger partial charge in [0.25, 0.3) is 11.2 Å². The lowest BCUT2D eigenvalue weighted by Gasteiger charge is -2.30. The number of allylic oxidation sites excluding steroid dienone is 1. The van der Waals surface area contributed by atoms with Crippen molar-refractivity contribution in [3.63, 3.8) is 0 Å². The number of methoxy groups -OCH3 is 1. The van der Waals surface area contributed by atoms with Gasteiger partial charge in [0.05, 0.1) is 40.5 Å². The van der Waals surface area contributed by atoms with E-state index in [-0.39, 0.29) is 23.4 Å². The van der Waals surface area contributed by atoms with Crippen LogP contribution in [0.1, 0.15) is 50.3 Å². The van der Waals surface area contributed by atoms with Gasteiger partial charge in [0.1, 0.15) is 5.75 Å². The topological polar surface area (TPSA) is 116 Å². The van der Waals surface area contributed by atoms with E-state index in [1.54, 1.807) is 45.2 Å². The third-order valence-electron chi connectivity index (χ3n) is 7.15. The van der Waals surface area contributed by atoms with Gasteiger partial charge in [0.2, 0.25) is 0 Å². The number of hydrogen-bond donors (Lipinski definition) is 0. The third kappa shape index (κ3) is 5.16. The number of anilines is 1. The average Bonchev–Trinajstić information content (AvgIpc) is 3.26. The van der Waals surface area contributed by atoms with Gasteiger partial charge in [-0.05, 0) is 62.9 Å². The highest BCUT2D eigenvalue weighted by atomic mass is 32.1. The zero-order valence-electron chi connectivity index (χ0n) is 22.6. The number of hydrogen-bond acceptors (Lipinski definition) is 9. The largest absolute Gasteiger partial charge is 0.497 e. The molecule has 2 aliphatic heterocycles. The first-order valence-corrected chi connectivity index (χ1v) is 14.0. The Morgan fingerprint density at radius 3 is 2.55 bits per heavy atom. The average molecular weight is 563 g/mol. The summed E-state index contributed by atoms with van der Waals surface area (Å²) in [5.74, 6) is 0.107. The van der Waals surface area contributed by atoms with E-state index in [1.807, 2.05) is 12.1 Å². The Hall–Kier alpha value is -4.25. The number of non-ortho nitro benzene ring substituents is 1. The van der Waals surface area contributed by atoms with Crippen LogP contribution in [0.2, 0.25) is 0 Å². The second-order valence-electron chi connectivity index (χ2n) is 9.62. The molecule has 1 atom stereocenters. The summed E-state index contributed by atoms with van der Waals surface area (Å²) in [6.45, 7) is 5.33. The molecule has 0 amide bonds. The molecular formula is C29H30N4O6S. The van der Waals surface area contributed by atoms with E-state index in [9.17, 15) is 19.7 Å². The lowest BCUT2D eigenvalue weighted by Crippen LogP contribution is -2.40. The lowest BCUT2D eigenvalue weighted by molar-refractivity contribution is -0.384. The SMILES string of the molecule is CCOC(=O)C1=C(C)N=c2s/c(=C/c3cc([N+](=O)[O-])ccc3N3CCCCC3)c(=O)n2C1c1ccc(OC)cc1. The molecule has 10 nitrogen and oxygen atoms in total. The predicted molar refractivity (Wildman–Crippen MR) is 153 cm³/mol. The minimum absolute atomic E-state index is 0.0451. The molecule has 5 rings (SSSR count). The summed E-state index contributed by atoms with van der Waals surface area (Å²) in [5, 5.41) is 11.6. The van der Waals surface area contributed by atoms with Crippen LogP contribution < -0.4 is 24.5 Å². The van der Waals surface area contributed by atoms with Crippen molar-refractivity contribution in [2.24, 2.45) is 4.99 Å². The molecule has 1 saturated heterocycles. The van der Waals surface area contributed by atoms with Gasteiger partial charge in [-0.1, -0.05) is 23.5 Å². The second-order valence-corrected chi connectivity index (χ2v) is 10.6. The van der Waals surface area contributed by atoms with Gasteiger partial charge in [-0.15, -0.1) is 0 Å². The Morgan fingerprint density at radius 1 is 1.18 bits per heavy atom. The number of fused-ring (bicyclic) bond motifs is 1. The van der Waals surface area contributed by atoms with Crippen molar-refractivity contribution in [2.45, 2.75) is 39.2 Å². The molecule has 0 spiro atoms. The quantitative estimate of drug-likeness (QED) is 0.245. The van der Waals surface area contributed by atoms with Crippen LogP contribution >= 0.6 is 11.3 Å². The van der Waals surface area contributed by atoms with Crippen LogP contribution in [0.4, 0.5) is 11.4 Å². The number of benzene rings is 2. The Morgan fingerprint density at radius 2 is 1.90 bits per heavy atom. The Kier molecular flexibility index (Phi) is 7.83. The van der Waals surface area contributed by atoms with E-state index in [4.69, 9.17) is 9.47 Å². The van der Waals surface area contributed by atoms with E-state index >= 15 is 0 Å². The third-order valence-corrected chi connectivity index (χ3v) is 8.14. The molecule has 0 radical (unpaired) electrons. The number of nitro groups is 1. The summed E-state index contributed by atoms with van der Waals surface area (Å²) < 4.78 is 12.5. The van der Waals surface area contributed by atoms with Crippen LogP contribution in [-0.4, -0.2) is 42.3 Å². The van der Waals surface area contributed by atoms with Crippen LogP contribution in [0, 0.1) is 10.1 Å². The molecule has 40 heavy (non-hydrogen) atoms. The smallest absolute Gasteiger partial charge is 0.338 e. The Labute approximate surface area is 234 Å². The van der Waals surface area contributed by atoms with Crippen LogP contribution in [0.3, 0.4) is 0 Å². The Balaban J connectivity index is 1.70. The molecule has 2 aromatic carbocycles. The predicted octanol–water partition coefficient (Wildman–Crippen LogP) is 3.71. The summed E-state index contributed by atoms with van der Waals surface area (Å²) in [6, 6.07) is 11.2. The van der Waals surface area contributed by atoms with Crippen molar-refractivity contribution in [2.75, 3.05) is 31.7 Å². The standard InChI is InChI=1S/C29H30N4O6S/c1-4-39-28(35)25-18(2)30-29-32(26(25)19-8-11-22(38-3)12-9-19)27(34)24(40-29)17-20-16-21(33(36)37)10-13-23(20)31-14-6-5-7-15-31/h8-13,16-17,26H,4-7,14-15H2,1-3H3/b24-17+. The number of thiazole rings is 1. The molecule has 1 unspecified atom stereocenters. The summed E-state index contributed by atoms with van der Waals surface area (Å²) >= 11 is 1.19. The van der Waals surface area contributed by atoms with E-state index in [2.05, 4.69) is 9.89 Å². The monoisotopic (exact) mass is 562 g/mol. The van der Waals surface area contributed by atoms with Gasteiger partial charge in [-0.3, -0.25) is 19.5 Å². The summed E-state index contributed by atoms with van der Waals surface area (Å²) in [7, 11) is 1.57. The normalized spacial score (nSPS) is 17.3. The van der Waals surface area contributed by atoms with Crippen LogP contribution in [-0.2, 0) is 9.53 Å². The summed E-state index contributed by atoms with van der Waals surface area (Å²) in [6.07, 6.45) is 4.92. The number of nitrogens with zero attached hydrogens (tertiary/aromatic N) is 4. The maximum Gasteiger partial charge on any atom is 0.338 e. The van der Waals surface area contributed by atoms with Crippen molar-refractivity contribution >= 4 is 34.8 Å². The Bertz CT molecular complexity index is 1670. The van der Waals surface area contributed by atoms with Crippen LogP contribution in [0.25, 0.3) is 6.08 Å². The molecule has 11 heteroatoms. The molecule has 2 aliphatic rings. The van der Waals surface area contributed by atoms with Gasteiger partial charge in [-0.2, -0.15) is 0 Å².